The van der Waals surface area contributed by atoms with Crippen LogP contribution in [0.2, 0.25) is 0 Å². The molecule has 0 rings (SSSR count). The molecule has 0 bridgehead atoms. The third-order valence-corrected chi connectivity index (χ3v) is 8.41. The number of rotatable bonds is 33. The Morgan fingerprint density at radius 1 is 0.395 bits per heavy atom. The van der Waals surface area contributed by atoms with Crippen molar-refractivity contribution in [1.29, 1.82) is 0 Å². The zero-order valence-corrected chi connectivity index (χ0v) is 26.6. The SMILES string of the molecule is CCCC[C@H](O)CCCCCCCCCCCCCCCCCCCCCCCCCCCC(=O)CCC. The Labute approximate surface area is 240 Å². The van der Waals surface area contributed by atoms with Gasteiger partial charge in [0.05, 0.1) is 6.10 Å². The average Bonchev–Trinajstić information content (AvgIpc) is 2.91. The van der Waals surface area contributed by atoms with Crippen molar-refractivity contribution in [1.82, 2.24) is 0 Å². The van der Waals surface area contributed by atoms with Gasteiger partial charge in [0, 0.05) is 12.8 Å². The standard InChI is InChI=1S/C36H72O2/c1-3-5-32-36(38)34-30-28-26-24-22-20-18-16-14-12-10-8-6-7-9-11-13-15-17-19-21-23-25-27-29-33-35(37)31-4-2/h36,38H,3-34H2,1-2H3/t36-/m0/s1. The molecule has 0 aliphatic carbocycles. The maximum atomic E-state index is 11.5. The maximum absolute atomic E-state index is 11.5. The molecule has 0 aliphatic rings. The van der Waals surface area contributed by atoms with Crippen LogP contribution in [0.25, 0.3) is 0 Å². The molecule has 0 amide bonds. The molecule has 0 aliphatic heterocycles. The minimum absolute atomic E-state index is 0.0399. The zero-order valence-electron chi connectivity index (χ0n) is 26.6. The summed E-state index contributed by atoms with van der Waals surface area (Å²) in [5.41, 5.74) is 0. The Bertz CT molecular complexity index is 447. The predicted octanol–water partition coefficient (Wildman–Crippen LogP) is 12.4. The van der Waals surface area contributed by atoms with E-state index >= 15 is 0 Å². The Morgan fingerprint density at radius 2 is 0.684 bits per heavy atom. The summed E-state index contributed by atoms with van der Waals surface area (Å²) >= 11 is 0. The number of aliphatic hydroxyl groups is 1. The molecular weight excluding hydrogens is 464 g/mol. The van der Waals surface area contributed by atoms with E-state index in [0.717, 1.165) is 38.5 Å². The molecule has 2 heteroatoms. The molecule has 0 aromatic carbocycles. The summed E-state index contributed by atoms with van der Waals surface area (Å²) < 4.78 is 0. The van der Waals surface area contributed by atoms with Crippen molar-refractivity contribution in [3.63, 3.8) is 0 Å². The third-order valence-electron chi connectivity index (χ3n) is 8.41. The number of aliphatic hydroxyl groups excluding tert-OH is 1. The third kappa shape index (κ3) is 31.8. The highest BCUT2D eigenvalue weighted by Gasteiger charge is 2.03. The number of carbonyl (C=O) groups excluding carboxylic acids is 1. The summed E-state index contributed by atoms with van der Waals surface area (Å²) in [7, 11) is 0. The zero-order chi connectivity index (χ0) is 27.8. The van der Waals surface area contributed by atoms with Crippen molar-refractivity contribution in [2.24, 2.45) is 0 Å². The lowest BCUT2D eigenvalue weighted by Crippen LogP contribution is -2.05. The van der Waals surface area contributed by atoms with Crippen molar-refractivity contribution in [2.75, 3.05) is 0 Å². The van der Waals surface area contributed by atoms with E-state index < -0.39 is 0 Å². The van der Waals surface area contributed by atoms with E-state index in [2.05, 4.69) is 13.8 Å². The van der Waals surface area contributed by atoms with Crippen molar-refractivity contribution in [3.05, 3.63) is 0 Å². The van der Waals surface area contributed by atoms with E-state index in [1.165, 1.54) is 167 Å². The second-order valence-corrected chi connectivity index (χ2v) is 12.5. The van der Waals surface area contributed by atoms with Gasteiger partial charge in [-0.05, 0) is 25.7 Å². The lowest BCUT2D eigenvalue weighted by Gasteiger charge is -2.09. The molecule has 1 N–H and O–H groups in total. The van der Waals surface area contributed by atoms with Gasteiger partial charge in [0.2, 0.25) is 0 Å². The van der Waals surface area contributed by atoms with E-state index in [-0.39, 0.29) is 6.10 Å². The highest BCUT2D eigenvalue weighted by atomic mass is 16.3. The van der Waals surface area contributed by atoms with E-state index in [0.29, 0.717) is 5.78 Å². The molecule has 0 heterocycles. The molecule has 228 valence electrons. The fourth-order valence-electron chi connectivity index (χ4n) is 5.76. The molecule has 38 heavy (non-hydrogen) atoms. The van der Waals surface area contributed by atoms with Gasteiger partial charge in [-0.1, -0.05) is 181 Å². The largest absolute Gasteiger partial charge is 0.393 e. The summed E-state index contributed by atoms with van der Waals surface area (Å²) in [5, 5.41) is 9.88. The Hall–Kier alpha value is -0.370. The Morgan fingerprint density at radius 3 is 1.00 bits per heavy atom. The first-order valence-corrected chi connectivity index (χ1v) is 17.9. The Balaban J connectivity index is 3.08. The highest BCUT2D eigenvalue weighted by Crippen LogP contribution is 2.17. The first kappa shape index (κ1) is 37.6. The van der Waals surface area contributed by atoms with Gasteiger partial charge in [-0.15, -0.1) is 0 Å². The monoisotopic (exact) mass is 537 g/mol. The second kappa shape index (κ2) is 32.8. The molecule has 1 atom stereocenters. The molecule has 0 fully saturated rings. The molecule has 2 nitrogen and oxygen atoms in total. The minimum Gasteiger partial charge on any atom is -0.393 e. The van der Waals surface area contributed by atoms with Crippen molar-refractivity contribution >= 4 is 5.78 Å². The van der Waals surface area contributed by atoms with E-state index in [9.17, 15) is 9.90 Å². The van der Waals surface area contributed by atoms with Gasteiger partial charge < -0.3 is 5.11 Å². The van der Waals surface area contributed by atoms with Crippen LogP contribution in [0, 0.1) is 0 Å². The second-order valence-electron chi connectivity index (χ2n) is 12.5. The number of hydrogen-bond donors (Lipinski definition) is 1. The molecule has 0 saturated carbocycles. The fraction of sp³-hybridized carbons (Fsp3) is 0.972. The van der Waals surface area contributed by atoms with Gasteiger partial charge in [-0.2, -0.15) is 0 Å². The molecule has 0 aromatic rings. The number of ketones is 1. The van der Waals surface area contributed by atoms with E-state index in [4.69, 9.17) is 0 Å². The van der Waals surface area contributed by atoms with E-state index in [1.807, 2.05) is 0 Å². The van der Waals surface area contributed by atoms with Crippen LogP contribution in [0.3, 0.4) is 0 Å². The van der Waals surface area contributed by atoms with Gasteiger partial charge in [-0.25, -0.2) is 0 Å². The van der Waals surface area contributed by atoms with Crippen LogP contribution in [-0.4, -0.2) is 17.0 Å². The molecule has 0 saturated heterocycles. The van der Waals surface area contributed by atoms with Crippen molar-refractivity contribution < 1.29 is 9.90 Å². The van der Waals surface area contributed by atoms with Gasteiger partial charge in [0.25, 0.3) is 0 Å². The molecule has 0 spiro atoms. The van der Waals surface area contributed by atoms with Gasteiger partial charge in [0.15, 0.2) is 0 Å². The lowest BCUT2D eigenvalue weighted by molar-refractivity contribution is -0.119. The van der Waals surface area contributed by atoms with Crippen LogP contribution >= 0.6 is 0 Å². The van der Waals surface area contributed by atoms with Crippen LogP contribution < -0.4 is 0 Å². The predicted molar refractivity (Wildman–Crippen MR) is 170 cm³/mol. The van der Waals surface area contributed by atoms with Gasteiger partial charge in [-0.3, -0.25) is 4.79 Å². The maximum Gasteiger partial charge on any atom is 0.132 e. The molecule has 0 unspecified atom stereocenters. The van der Waals surface area contributed by atoms with Gasteiger partial charge in [0.1, 0.15) is 5.78 Å². The van der Waals surface area contributed by atoms with Crippen molar-refractivity contribution in [3.8, 4) is 0 Å². The first-order valence-electron chi connectivity index (χ1n) is 17.9. The summed E-state index contributed by atoms with van der Waals surface area (Å²) in [4.78, 5) is 11.5. The van der Waals surface area contributed by atoms with Crippen LogP contribution in [0.1, 0.15) is 219 Å². The summed E-state index contributed by atoms with van der Waals surface area (Å²) in [6.45, 7) is 4.29. The Kier molecular flexibility index (Phi) is 32.5. The molecular formula is C36H72O2. The number of unbranched alkanes of at least 4 members (excludes halogenated alkanes) is 25. The average molecular weight is 537 g/mol. The minimum atomic E-state index is -0.0399. The van der Waals surface area contributed by atoms with Crippen molar-refractivity contribution in [2.45, 2.75) is 225 Å². The van der Waals surface area contributed by atoms with Crippen LogP contribution in [0.15, 0.2) is 0 Å². The summed E-state index contributed by atoms with van der Waals surface area (Å²) in [5.74, 6) is 0.470. The quantitative estimate of drug-likeness (QED) is 0.0847. The normalized spacial score (nSPS) is 12.3. The topological polar surface area (TPSA) is 37.3 Å². The van der Waals surface area contributed by atoms with E-state index in [1.54, 1.807) is 0 Å². The number of carbonyl (C=O) groups is 1. The van der Waals surface area contributed by atoms with Crippen LogP contribution in [0.4, 0.5) is 0 Å². The summed E-state index contributed by atoms with van der Waals surface area (Å²) in [6.07, 6.45) is 41.9. The van der Waals surface area contributed by atoms with Gasteiger partial charge >= 0.3 is 0 Å². The molecule has 0 aromatic heterocycles. The smallest absolute Gasteiger partial charge is 0.132 e. The summed E-state index contributed by atoms with van der Waals surface area (Å²) in [6, 6.07) is 0. The van der Waals surface area contributed by atoms with Crippen LogP contribution in [-0.2, 0) is 4.79 Å². The van der Waals surface area contributed by atoms with Crippen LogP contribution in [0.5, 0.6) is 0 Å². The number of hydrogen-bond acceptors (Lipinski definition) is 2. The highest BCUT2D eigenvalue weighted by molar-refractivity contribution is 5.78. The first-order chi connectivity index (χ1) is 18.7. The number of Topliss-reactive ketones (excluding diaryl/α,β-unsaturated/α-hetero) is 1. The fourth-order valence-corrected chi connectivity index (χ4v) is 5.76. The molecule has 0 radical (unpaired) electrons. The lowest BCUT2D eigenvalue weighted by atomic mass is 10.0.